The van der Waals surface area contributed by atoms with E-state index in [4.69, 9.17) is 0 Å². The predicted molar refractivity (Wildman–Crippen MR) is 85.9 cm³/mol. The van der Waals surface area contributed by atoms with Crippen molar-refractivity contribution >= 4 is 17.7 Å². The van der Waals surface area contributed by atoms with E-state index in [0.717, 1.165) is 31.7 Å². The van der Waals surface area contributed by atoms with Gasteiger partial charge in [0.2, 0.25) is 5.91 Å². The summed E-state index contributed by atoms with van der Waals surface area (Å²) in [5.41, 5.74) is 0. The van der Waals surface area contributed by atoms with Crippen LogP contribution in [0.5, 0.6) is 0 Å². The molecule has 1 aliphatic heterocycles. The molecule has 1 aliphatic rings. The number of ether oxygens (including phenoxy) is 1. The minimum atomic E-state index is -0.233. The van der Waals surface area contributed by atoms with E-state index in [1.165, 1.54) is 7.11 Å². The summed E-state index contributed by atoms with van der Waals surface area (Å²) in [5, 5.41) is 0. The van der Waals surface area contributed by atoms with Gasteiger partial charge in [-0.15, -0.1) is 0 Å². The highest BCUT2D eigenvalue weighted by molar-refractivity contribution is 5.79. The van der Waals surface area contributed by atoms with Crippen LogP contribution in [0.4, 0.5) is 5.82 Å². The van der Waals surface area contributed by atoms with Crippen molar-refractivity contribution in [3.8, 4) is 0 Å². The van der Waals surface area contributed by atoms with Gasteiger partial charge in [-0.3, -0.25) is 14.6 Å². The van der Waals surface area contributed by atoms with Crippen LogP contribution in [0, 0.1) is 5.92 Å². The lowest BCUT2D eigenvalue weighted by molar-refractivity contribution is -0.141. The lowest BCUT2D eigenvalue weighted by Gasteiger charge is -2.33. The molecular formula is C16H24N4O3. The van der Waals surface area contributed by atoms with Crippen LogP contribution in [0.3, 0.4) is 0 Å². The topological polar surface area (TPSA) is 75.6 Å². The molecule has 1 aromatic heterocycles. The molecule has 2 rings (SSSR count). The van der Waals surface area contributed by atoms with E-state index < -0.39 is 0 Å². The Morgan fingerprint density at radius 3 is 2.70 bits per heavy atom. The highest BCUT2D eigenvalue weighted by Gasteiger charge is 2.27. The average Bonchev–Trinajstić information content (AvgIpc) is 2.61. The fourth-order valence-corrected chi connectivity index (χ4v) is 2.79. The highest BCUT2D eigenvalue weighted by atomic mass is 16.5. The first-order valence-corrected chi connectivity index (χ1v) is 7.94. The van der Waals surface area contributed by atoms with Gasteiger partial charge in [-0.25, -0.2) is 4.98 Å². The standard InChI is InChI=1S/C16H24N4O3/c1-19(9-3-4-15(21)23-2)16(22)13-5-10-20(11-6-13)14-12-17-7-8-18-14/h7-8,12-13H,3-6,9-11H2,1-2H3. The van der Waals surface area contributed by atoms with Gasteiger partial charge < -0.3 is 14.5 Å². The maximum Gasteiger partial charge on any atom is 0.305 e. The molecule has 7 heteroatoms. The van der Waals surface area contributed by atoms with Crippen molar-refractivity contribution in [2.75, 3.05) is 38.7 Å². The molecule has 23 heavy (non-hydrogen) atoms. The molecule has 1 amide bonds. The highest BCUT2D eigenvalue weighted by Crippen LogP contribution is 2.22. The molecule has 0 atom stereocenters. The summed E-state index contributed by atoms with van der Waals surface area (Å²) in [4.78, 5) is 35.8. The fraction of sp³-hybridized carbons (Fsp3) is 0.625. The lowest BCUT2D eigenvalue weighted by atomic mass is 9.95. The van der Waals surface area contributed by atoms with Gasteiger partial charge in [-0.05, 0) is 19.3 Å². The molecule has 1 aromatic rings. The Labute approximate surface area is 136 Å². The normalized spacial score (nSPS) is 15.3. The average molecular weight is 320 g/mol. The number of rotatable bonds is 6. The molecule has 0 spiro atoms. The van der Waals surface area contributed by atoms with Crippen LogP contribution < -0.4 is 4.90 Å². The summed E-state index contributed by atoms with van der Waals surface area (Å²) in [6, 6.07) is 0. The van der Waals surface area contributed by atoms with E-state index in [1.807, 2.05) is 0 Å². The number of methoxy groups -OCH3 is 1. The second-order valence-electron chi connectivity index (χ2n) is 5.76. The van der Waals surface area contributed by atoms with Crippen molar-refractivity contribution in [3.63, 3.8) is 0 Å². The van der Waals surface area contributed by atoms with Gasteiger partial charge in [0.1, 0.15) is 5.82 Å². The van der Waals surface area contributed by atoms with Crippen LogP contribution in [0.15, 0.2) is 18.6 Å². The summed E-state index contributed by atoms with van der Waals surface area (Å²) < 4.78 is 4.60. The zero-order valence-corrected chi connectivity index (χ0v) is 13.8. The SMILES string of the molecule is COC(=O)CCCN(C)C(=O)C1CCN(c2cnccn2)CC1. The Balaban J connectivity index is 1.75. The molecule has 0 N–H and O–H groups in total. The number of amides is 1. The van der Waals surface area contributed by atoms with Crippen LogP contribution in [-0.4, -0.2) is 60.5 Å². The lowest BCUT2D eigenvalue weighted by Crippen LogP contribution is -2.41. The molecule has 1 fully saturated rings. The number of piperidine rings is 1. The maximum atomic E-state index is 12.4. The zero-order valence-electron chi connectivity index (χ0n) is 13.8. The van der Waals surface area contributed by atoms with Crippen LogP contribution in [0.1, 0.15) is 25.7 Å². The Hall–Kier alpha value is -2.18. The molecule has 0 aromatic carbocycles. The number of esters is 1. The van der Waals surface area contributed by atoms with Gasteiger partial charge in [0, 0.05) is 51.4 Å². The smallest absolute Gasteiger partial charge is 0.305 e. The van der Waals surface area contributed by atoms with E-state index in [2.05, 4.69) is 19.6 Å². The number of aromatic nitrogens is 2. The minimum Gasteiger partial charge on any atom is -0.469 e. The first-order chi connectivity index (χ1) is 11.1. The zero-order chi connectivity index (χ0) is 16.7. The predicted octanol–water partition coefficient (Wildman–Crippen LogP) is 1.10. The van der Waals surface area contributed by atoms with Gasteiger partial charge >= 0.3 is 5.97 Å². The number of hydrogen-bond acceptors (Lipinski definition) is 6. The number of carbonyl (C=O) groups excluding carboxylic acids is 2. The molecular weight excluding hydrogens is 296 g/mol. The third kappa shape index (κ3) is 4.91. The van der Waals surface area contributed by atoms with Crippen molar-refractivity contribution in [3.05, 3.63) is 18.6 Å². The fourth-order valence-electron chi connectivity index (χ4n) is 2.79. The molecule has 126 valence electrons. The Morgan fingerprint density at radius 2 is 2.09 bits per heavy atom. The molecule has 0 saturated carbocycles. The third-order valence-corrected chi connectivity index (χ3v) is 4.20. The Bertz CT molecular complexity index is 515. The molecule has 1 saturated heterocycles. The first-order valence-electron chi connectivity index (χ1n) is 7.94. The summed E-state index contributed by atoms with van der Waals surface area (Å²) >= 11 is 0. The summed E-state index contributed by atoms with van der Waals surface area (Å²) in [7, 11) is 3.18. The molecule has 0 bridgehead atoms. The van der Waals surface area contributed by atoms with Crippen LogP contribution in [0.25, 0.3) is 0 Å². The van der Waals surface area contributed by atoms with Gasteiger partial charge in [-0.2, -0.15) is 0 Å². The molecule has 7 nitrogen and oxygen atoms in total. The van der Waals surface area contributed by atoms with E-state index in [1.54, 1.807) is 30.5 Å². The van der Waals surface area contributed by atoms with E-state index in [0.29, 0.717) is 19.4 Å². The van der Waals surface area contributed by atoms with E-state index in [-0.39, 0.29) is 17.8 Å². The number of anilines is 1. The molecule has 2 heterocycles. The van der Waals surface area contributed by atoms with Gasteiger partial charge in [-0.1, -0.05) is 0 Å². The van der Waals surface area contributed by atoms with Crippen LogP contribution in [0.2, 0.25) is 0 Å². The summed E-state index contributed by atoms with van der Waals surface area (Å²) in [5.74, 6) is 0.840. The summed E-state index contributed by atoms with van der Waals surface area (Å²) in [6.45, 7) is 2.20. The number of hydrogen-bond donors (Lipinski definition) is 0. The minimum absolute atomic E-state index is 0.0473. The Kier molecular flexibility index (Phi) is 6.31. The van der Waals surface area contributed by atoms with Crippen molar-refractivity contribution < 1.29 is 14.3 Å². The third-order valence-electron chi connectivity index (χ3n) is 4.20. The number of nitrogens with zero attached hydrogens (tertiary/aromatic N) is 4. The summed E-state index contributed by atoms with van der Waals surface area (Å²) in [6.07, 6.45) is 7.70. The maximum absolute atomic E-state index is 12.4. The van der Waals surface area contributed by atoms with Crippen LogP contribution >= 0.6 is 0 Å². The van der Waals surface area contributed by atoms with Crippen molar-refractivity contribution in [2.45, 2.75) is 25.7 Å². The first kappa shape index (κ1) is 17.2. The van der Waals surface area contributed by atoms with Crippen molar-refractivity contribution in [1.82, 2.24) is 14.9 Å². The van der Waals surface area contributed by atoms with Gasteiger partial charge in [0.25, 0.3) is 0 Å². The number of carbonyl (C=O) groups is 2. The second-order valence-corrected chi connectivity index (χ2v) is 5.76. The quantitative estimate of drug-likeness (QED) is 0.731. The van der Waals surface area contributed by atoms with Crippen molar-refractivity contribution in [2.24, 2.45) is 5.92 Å². The monoisotopic (exact) mass is 320 g/mol. The second kappa shape index (κ2) is 8.45. The molecule has 0 unspecified atom stereocenters. The van der Waals surface area contributed by atoms with E-state index >= 15 is 0 Å². The molecule has 0 aliphatic carbocycles. The van der Waals surface area contributed by atoms with Gasteiger partial charge in [0.05, 0.1) is 13.3 Å². The molecule has 0 radical (unpaired) electrons. The largest absolute Gasteiger partial charge is 0.469 e. The van der Waals surface area contributed by atoms with Crippen LogP contribution in [-0.2, 0) is 14.3 Å². The van der Waals surface area contributed by atoms with Crippen molar-refractivity contribution in [1.29, 1.82) is 0 Å². The Morgan fingerprint density at radius 1 is 1.35 bits per heavy atom. The van der Waals surface area contributed by atoms with E-state index in [9.17, 15) is 9.59 Å². The van der Waals surface area contributed by atoms with Gasteiger partial charge in [0.15, 0.2) is 0 Å².